The molecule has 8 heteroatoms. The van der Waals surface area contributed by atoms with E-state index in [0.29, 0.717) is 13.1 Å². The molecule has 33 heavy (non-hydrogen) atoms. The molecule has 5 rings (SSSR count). The number of hydrogen-bond donors (Lipinski definition) is 0. The van der Waals surface area contributed by atoms with E-state index in [1.807, 2.05) is 76.6 Å². The minimum atomic E-state index is 0.0246. The molecule has 4 heterocycles. The fourth-order valence-corrected chi connectivity index (χ4v) is 4.67. The number of piperazine rings is 1. The second-order valence-electron chi connectivity index (χ2n) is 8.05. The van der Waals surface area contributed by atoms with Crippen LogP contribution in [0, 0.1) is 6.92 Å². The Balaban J connectivity index is 1.27. The molecule has 168 valence electrons. The Labute approximate surface area is 196 Å². The number of carbonyl (C=O) groups excluding carboxylic acids is 1. The molecule has 0 saturated carbocycles. The first kappa shape index (κ1) is 21.4. The second-order valence-corrected chi connectivity index (χ2v) is 9.00. The Kier molecular flexibility index (Phi) is 6.19. The molecule has 0 unspecified atom stereocenters. The highest BCUT2D eigenvalue weighted by Gasteiger charge is 2.21. The van der Waals surface area contributed by atoms with Crippen LogP contribution in [0.1, 0.15) is 17.0 Å². The number of amides is 1. The van der Waals surface area contributed by atoms with Crippen LogP contribution in [-0.2, 0) is 11.3 Å². The van der Waals surface area contributed by atoms with Gasteiger partial charge in [-0.15, -0.1) is 11.3 Å². The van der Waals surface area contributed by atoms with Crippen molar-refractivity contribution in [1.82, 2.24) is 24.7 Å². The fourth-order valence-electron chi connectivity index (χ4n) is 3.94. The van der Waals surface area contributed by atoms with Crippen LogP contribution in [0.25, 0.3) is 22.3 Å². The summed E-state index contributed by atoms with van der Waals surface area (Å²) in [6.45, 7) is 5.67. The molecule has 1 fully saturated rings. The highest BCUT2D eigenvalue weighted by atomic mass is 32.1. The summed E-state index contributed by atoms with van der Waals surface area (Å²) in [5.41, 5.74) is 3.73. The molecule has 7 nitrogen and oxygen atoms in total. The Morgan fingerprint density at radius 2 is 1.94 bits per heavy atom. The van der Waals surface area contributed by atoms with Gasteiger partial charge in [-0.05, 0) is 36.6 Å². The third-order valence-electron chi connectivity index (χ3n) is 5.67. The van der Waals surface area contributed by atoms with Crippen LogP contribution >= 0.6 is 11.3 Å². The third kappa shape index (κ3) is 4.97. The number of aryl methyl sites for hydroxylation is 1. The van der Waals surface area contributed by atoms with Gasteiger partial charge in [0.25, 0.3) is 0 Å². The number of aromatic nitrogens is 3. The Morgan fingerprint density at radius 3 is 2.64 bits per heavy atom. The lowest BCUT2D eigenvalue weighted by molar-refractivity contribution is -0.127. The lowest BCUT2D eigenvalue weighted by atomic mass is 10.2. The SMILES string of the molecule is Cc1cc(CN2CCN(C(=O)/C=C/c3cn(-c4ccccc4)nc3-c3cccs3)CC2)no1. The topological polar surface area (TPSA) is 67.4 Å². The Hall–Kier alpha value is -3.49. The smallest absolute Gasteiger partial charge is 0.246 e. The minimum absolute atomic E-state index is 0.0246. The van der Waals surface area contributed by atoms with Gasteiger partial charge in [-0.2, -0.15) is 5.10 Å². The molecule has 1 saturated heterocycles. The van der Waals surface area contributed by atoms with Crippen molar-refractivity contribution in [3.8, 4) is 16.3 Å². The molecule has 4 aromatic rings. The molecule has 1 aliphatic rings. The van der Waals surface area contributed by atoms with Gasteiger partial charge in [-0.3, -0.25) is 9.69 Å². The molecular weight excluding hydrogens is 434 g/mol. The first-order valence-electron chi connectivity index (χ1n) is 11.0. The molecule has 1 aromatic carbocycles. The number of para-hydroxylation sites is 1. The number of nitrogens with zero attached hydrogens (tertiary/aromatic N) is 5. The molecule has 1 aliphatic heterocycles. The minimum Gasteiger partial charge on any atom is -0.361 e. The maximum Gasteiger partial charge on any atom is 0.246 e. The molecule has 0 bridgehead atoms. The molecule has 0 spiro atoms. The Bertz CT molecular complexity index is 1240. The standard InChI is InChI=1S/C25H25N5O2S/c1-19-16-21(27-32-19)18-28-11-13-29(14-12-28)24(31)10-9-20-17-30(22-6-3-2-4-7-22)26-25(20)23-8-5-15-33-23/h2-10,15-17H,11-14,18H2,1H3/b10-9+. The number of thiophene rings is 1. The molecule has 0 radical (unpaired) electrons. The normalized spacial score (nSPS) is 14.9. The predicted molar refractivity (Wildman–Crippen MR) is 129 cm³/mol. The molecular formula is C25H25N5O2S. The van der Waals surface area contributed by atoms with Crippen LogP contribution in [0.15, 0.2) is 70.7 Å². The Morgan fingerprint density at radius 1 is 1.12 bits per heavy atom. The van der Waals surface area contributed by atoms with Crippen molar-refractivity contribution in [3.63, 3.8) is 0 Å². The van der Waals surface area contributed by atoms with E-state index < -0.39 is 0 Å². The van der Waals surface area contributed by atoms with Crippen molar-refractivity contribution in [2.24, 2.45) is 0 Å². The van der Waals surface area contributed by atoms with Gasteiger partial charge in [0.2, 0.25) is 5.91 Å². The summed E-state index contributed by atoms with van der Waals surface area (Å²) in [4.78, 5) is 18.2. The van der Waals surface area contributed by atoms with E-state index in [4.69, 9.17) is 9.62 Å². The van der Waals surface area contributed by atoms with Crippen LogP contribution in [0.5, 0.6) is 0 Å². The highest BCUT2D eigenvalue weighted by Crippen LogP contribution is 2.28. The van der Waals surface area contributed by atoms with Crippen LogP contribution < -0.4 is 0 Å². The van der Waals surface area contributed by atoms with E-state index in [1.165, 1.54) is 0 Å². The molecule has 0 aliphatic carbocycles. The summed E-state index contributed by atoms with van der Waals surface area (Å²) in [5, 5.41) is 10.9. The van der Waals surface area contributed by atoms with Gasteiger partial charge in [0.05, 0.1) is 16.3 Å². The molecule has 3 aromatic heterocycles. The van der Waals surface area contributed by atoms with Crippen molar-refractivity contribution in [3.05, 3.63) is 83.2 Å². The summed E-state index contributed by atoms with van der Waals surface area (Å²) in [6.07, 6.45) is 5.53. The van der Waals surface area contributed by atoms with Crippen LogP contribution in [0.4, 0.5) is 0 Å². The van der Waals surface area contributed by atoms with Gasteiger partial charge in [0.1, 0.15) is 11.5 Å². The monoisotopic (exact) mass is 459 g/mol. The van der Waals surface area contributed by atoms with Crippen molar-refractivity contribution >= 4 is 23.3 Å². The summed E-state index contributed by atoms with van der Waals surface area (Å²) < 4.78 is 7.01. The van der Waals surface area contributed by atoms with E-state index in [1.54, 1.807) is 17.4 Å². The molecule has 0 N–H and O–H groups in total. The highest BCUT2D eigenvalue weighted by molar-refractivity contribution is 7.13. The average Bonchev–Trinajstić information content (AvgIpc) is 3.60. The zero-order valence-corrected chi connectivity index (χ0v) is 19.2. The van der Waals surface area contributed by atoms with Crippen molar-refractivity contribution in [2.45, 2.75) is 13.5 Å². The number of rotatable bonds is 6. The van der Waals surface area contributed by atoms with Crippen LogP contribution in [0.3, 0.4) is 0 Å². The van der Waals surface area contributed by atoms with Gasteiger partial charge < -0.3 is 9.42 Å². The summed E-state index contributed by atoms with van der Waals surface area (Å²) in [7, 11) is 0. The third-order valence-corrected chi connectivity index (χ3v) is 6.55. The van der Waals surface area contributed by atoms with Crippen LogP contribution in [-0.4, -0.2) is 56.8 Å². The number of benzene rings is 1. The first-order chi connectivity index (χ1) is 16.2. The van der Waals surface area contributed by atoms with Gasteiger partial charge in [-0.25, -0.2) is 4.68 Å². The second kappa shape index (κ2) is 9.56. The summed E-state index contributed by atoms with van der Waals surface area (Å²) in [5.74, 6) is 0.845. The van der Waals surface area contributed by atoms with E-state index in [0.717, 1.165) is 52.9 Å². The fraction of sp³-hybridized carbons (Fsp3) is 0.240. The van der Waals surface area contributed by atoms with Gasteiger partial charge >= 0.3 is 0 Å². The summed E-state index contributed by atoms with van der Waals surface area (Å²) in [6, 6.07) is 16.0. The zero-order chi connectivity index (χ0) is 22.6. The van der Waals surface area contributed by atoms with Crippen molar-refractivity contribution in [1.29, 1.82) is 0 Å². The average molecular weight is 460 g/mol. The maximum atomic E-state index is 12.9. The lowest BCUT2D eigenvalue weighted by Crippen LogP contribution is -2.47. The van der Waals surface area contributed by atoms with E-state index in [2.05, 4.69) is 16.1 Å². The van der Waals surface area contributed by atoms with Crippen LogP contribution in [0.2, 0.25) is 0 Å². The van der Waals surface area contributed by atoms with E-state index in [-0.39, 0.29) is 5.91 Å². The van der Waals surface area contributed by atoms with E-state index >= 15 is 0 Å². The van der Waals surface area contributed by atoms with Gasteiger partial charge in [0.15, 0.2) is 0 Å². The lowest BCUT2D eigenvalue weighted by Gasteiger charge is -2.33. The summed E-state index contributed by atoms with van der Waals surface area (Å²) >= 11 is 1.64. The maximum absolute atomic E-state index is 12.9. The zero-order valence-electron chi connectivity index (χ0n) is 18.4. The molecule has 1 amide bonds. The van der Waals surface area contributed by atoms with Gasteiger partial charge in [0, 0.05) is 56.6 Å². The number of carbonyl (C=O) groups is 1. The predicted octanol–water partition coefficient (Wildman–Crippen LogP) is 4.25. The van der Waals surface area contributed by atoms with E-state index in [9.17, 15) is 4.79 Å². The molecule has 0 atom stereocenters. The van der Waals surface area contributed by atoms with Crippen molar-refractivity contribution in [2.75, 3.05) is 26.2 Å². The van der Waals surface area contributed by atoms with Crippen molar-refractivity contribution < 1.29 is 9.32 Å². The number of hydrogen-bond acceptors (Lipinski definition) is 6. The first-order valence-corrected chi connectivity index (χ1v) is 11.8. The van der Waals surface area contributed by atoms with Gasteiger partial charge in [-0.1, -0.05) is 29.4 Å². The quantitative estimate of drug-likeness (QED) is 0.403. The largest absolute Gasteiger partial charge is 0.361 e.